The Labute approximate surface area is 428 Å². The van der Waals surface area contributed by atoms with Crippen LogP contribution >= 0.6 is 0 Å². The zero-order valence-electron chi connectivity index (χ0n) is 41.4. The number of alkyl carbamates (subject to hydrolysis) is 1. The first-order valence-electron chi connectivity index (χ1n) is 26.1. The summed E-state index contributed by atoms with van der Waals surface area (Å²) in [5.74, 6) is 1.65. The number of urea groups is 1. The van der Waals surface area contributed by atoms with Crippen molar-refractivity contribution in [2.45, 2.75) is 94.3 Å². The van der Waals surface area contributed by atoms with Gasteiger partial charge in [-0.05, 0) is 93.6 Å². The molecular formula is C55H61F2N11O6. The molecule has 0 spiro atoms. The number of amides is 5. The van der Waals surface area contributed by atoms with Crippen molar-refractivity contribution in [2.24, 2.45) is 0 Å². The molecule has 3 N–H and O–H groups in total. The van der Waals surface area contributed by atoms with Crippen molar-refractivity contribution in [1.82, 2.24) is 40.7 Å². The lowest BCUT2D eigenvalue weighted by atomic mass is 9.95. The van der Waals surface area contributed by atoms with Crippen LogP contribution in [-0.2, 0) is 14.3 Å². The zero-order valence-corrected chi connectivity index (χ0v) is 41.4. The minimum absolute atomic E-state index is 0.00822. The van der Waals surface area contributed by atoms with Crippen LogP contribution in [-0.4, -0.2) is 144 Å². The predicted molar refractivity (Wildman–Crippen MR) is 276 cm³/mol. The zero-order chi connectivity index (χ0) is 50.9. The van der Waals surface area contributed by atoms with E-state index in [9.17, 15) is 19.2 Å². The summed E-state index contributed by atoms with van der Waals surface area (Å²) in [6, 6.07) is 16.2. The van der Waals surface area contributed by atoms with Gasteiger partial charge in [-0.1, -0.05) is 36.6 Å². The Hall–Kier alpha value is -7.17. The fourth-order valence-electron chi connectivity index (χ4n) is 12.2. The number of hydrogen-bond donors (Lipinski definition) is 3. The lowest BCUT2D eigenvalue weighted by Gasteiger charge is -2.36. The summed E-state index contributed by atoms with van der Waals surface area (Å²) in [5.41, 5.74) is 1.91. The van der Waals surface area contributed by atoms with Gasteiger partial charge in [-0.2, -0.15) is 9.97 Å². The predicted octanol–water partition coefficient (Wildman–Crippen LogP) is 6.50. The summed E-state index contributed by atoms with van der Waals surface area (Å²) in [4.78, 5) is 74.3. The molecule has 17 nitrogen and oxygen atoms in total. The summed E-state index contributed by atoms with van der Waals surface area (Å²) in [7, 11) is 0. The van der Waals surface area contributed by atoms with Crippen LogP contribution in [0.15, 0.2) is 60.8 Å². The van der Waals surface area contributed by atoms with Crippen LogP contribution in [0.1, 0.15) is 76.2 Å². The SMILES string of the molecule is C#Cc1c(F)ccc2cccc(-c3ncc4c(N5CC6CCC(C5)N6)nc(OC[C@@]56CCCN5[C@H](COC(=O)NCCCCCC(=O)N5CCN(c7ccc(N8CCC(=O)NC8=O)cc7)CC5)CC6)nc4c3F)c12. The van der Waals surface area contributed by atoms with E-state index in [0.717, 1.165) is 75.7 Å². The topological polar surface area (TPSA) is 178 Å². The smallest absolute Gasteiger partial charge is 0.407 e. The summed E-state index contributed by atoms with van der Waals surface area (Å²) in [6.07, 6.45) is 15.5. The number of carbonyl (C=O) groups excluding carboxylic acids is 4. The molecule has 2 aromatic heterocycles. The normalized spacial score (nSPS) is 22.8. The molecule has 6 fully saturated rings. The number of aromatic nitrogens is 3. The molecule has 19 heteroatoms. The quantitative estimate of drug-likeness (QED) is 0.0766. The lowest BCUT2D eigenvalue weighted by molar-refractivity contribution is -0.131. The van der Waals surface area contributed by atoms with E-state index in [1.165, 1.54) is 6.07 Å². The van der Waals surface area contributed by atoms with Gasteiger partial charge >= 0.3 is 18.1 Å². The number of benzene rings is 3. The minimum atomic E-state index is -0.669. The van der Waals surface area contributed by atoms with E-state index >= 15 is 8.78 Å². The molecule has 0 saturated carbocycles. The third-order valence-electron chi connectivity index (χ3n) is 16.0. The van der Waals surface area contributed by atoms with Gasteiger partial charge in [-0.15, -0.1) is 6.42 Å². The number of nitrogens with one attached hydrogen (secondary N) is 3. The number of imide groups is 1. The van der Waals surface area contributed by atoms with Gasteiger partial charge in [0.1, 0.15) is 36.1 Å². The molecule has 5 aromatic rings. The highest BCUT2D eigenvalue weighted by molar-refractivity contribution is 6.06. The van der Waals surface area contributed by atoms with E-state index < -0.39 is 23.8 Å². The van der Waals surface area contributed by atoms with Crippen LogP contribution in [0.25, 0.3) is 32.9 Å². The van der Waals surface area contributed by atoms with E-state index in [-0.39, 0.29) is 77.9 Å². The first-order chi connectivity index (χ1) is 36.0. The molecular weight excluding hydrogens is 949 g/mol. The molecule has 6 saturated heterocycles. The Morgan fingerprint density at radius 2 is 1.68 bits per heavy atom. The largest absolute Gasteiger partial charge is 0.461 e. The fraction of sp³-hybridized carbons (Fsp3) is 0.473. The second-order valence-corrected chi connectivity index (χ2v) is 20.5. The van der Waals surface area contributed by atoms with Gasteiger partial charge in [0, 0.05) is 112 Å². The number of terminal acetylenes is 1. The molecule has 2 bridgehead atoms. The fourth-order valence-corrected chi connectivity index (χ4v) is 12.2. The monoisotopic (exact) mass is 1010 g/mol. The van der Waals surface area contributed by atoms with Crippen molar-refractivity contribution in [1.29, 1.82) is 0 Å². The molecule has 6 aliphatic heterocycles. The second kappa shape index (κ2) is 21.0. The second-order valence-electron chi connectivity index (χ2n) is 20.5. The van der Waals surface area contributed by atoms with Crippen LogP contribution in [0.4, 0.5) is 35.6 Å². The first kappa shape index (κ1) is 49.1. The molecule has 0 radical (unpaired) electrons. The summed E-state index contributed by atoms with van der Waals surface area (Å²) < 4.78 is 44.5. The van der Waals surface area contributed by atoms with Crippen LogP contribution in [0, 0.1) is 24.0 Å². The maximum atomic E-state index is 17.1. The van der Waals surface area contributed by atoms with Gasteiger partial charge in [0.2, 0.25) is 11.8 Å². The van der Waals surface area contributed by atoms with Crippen molar-refractivity contribution in [3.8, 4) is 29.6 Å². The molecule has 5 amide bonds. The van der Waals surface area contributed by atoms with E-state index in [4.69, 9.17) is 25.9 Å². The molecule has 0 aliphatic carbocycles. The van der Waals surface area contributed by atoms with Gasteiger partial charge in [-0.25, -0.2) is 18.4 Å². The highest BCUT2D eigenvalue weighted by Crippen LogP contribution is 2.44. The number of pyridine rings is 1. The Morgan fingerprint density at radius 1 is 0.878 bits per heavy atom. The molecule has 74 heavy (non-hydrogen) atoms. The van der Waals surface area contributed by atoms with Crippen LogP contribution in [0.3, 0.4) is 0 Å². The molecule has 8 heterocycles. The van der Waals surface area contributed by atoms with Gasteiger partial charge in [0.25, 0.3) is 0 Å². The number of ether oxygens (including phenoxy) is 2. The maximum Gasteiger partial charge on any atom is 0.407 e. The number of anilines is 3. The summed E-state index contributed by atoms with van der Waals surface area (Å²) >= 11 is 0. The van der Waals surface area contributed by atoms with Crippen molar-refractivity contribution in [3.63, 3.8) is 0 Å². The lowest BCUT2D eigenvalue weighted by Crippen LogP contribution is -2.51. The van der Waals surface area contributed by atoms with E-state index in [2.05, 4.69) is 41.6 Å². The number of unbranched alkanes of at least 4 members (excludes halogenated alkanes) is 2. The molecule has 11 rings (SSSR count). The number of fused-ring (bicyclic) bond motifs is 5. The Kier molecular flexibility index (Phi) is 13.9. The molecule has 2 unspecified atom stereocenters. The number of rotatable bonds is 15. The van der Waals surface area contributed by atoms with Crippen molar-refractivity contribution < 1.29 is 37.4 Å². The highest BCUT2D eigenvalue weighted by atomic mass is 19.1. The molecule has 4 atom stereocenters. The van der Waals surface area contributed by atoms with Gasteiger partial charge < -0.3 is 34.8 Å². The summed E-state index contributed by atoms with van der Waals surface area (Å²) in [6.45, 7) is 6.22. The van der Waals surface area contributed by atoms with Crippen molar-refractivity contribution in [2.75, 3.05) is 86.8 Å². The third-order valence-corrected chi connectivity index (χ3v) is 16.0. The number of hydrogen-bond acceptors (Lipinski definition) is 13. The van der Waals surface area contributed by atoms with Crippen LogP contribution < -0.4 is 35.4 Å². The molecule has 3 aromatic carbocycles. The minimum Gasteiger partial charge on any atom is -0.461 e. The standard InChI is InChI=1S/C55H61F2N11O6/c1-2-41-44(56)18-11-35-8-6-9-42(47(35)41)49-48(57)50-43(30-59-49)51(66-31-36-12-13-37(32-66)60-36)63-52(62-50)74-34-55-21-7-24-68(55)40(19-22-55)33-73-54(72)58-23-5-3-4-10-46(70)65-28-26-64(27-29-65)38-14-16-39(17-15-38)67-25-20-45(69)61-53(67)71/h1,6,8-9,11,14-18,30,36-37,40,60H,3-5,7,10,12-13,19-29,31-34H2,(H,58,72)(H,61,69,71)/t36?,37?,40-,55-/m0/s1. The van der Waals surface area contributed by atoms with Crippen molar-refractivity contribution >= 4 is 62.8 Å². The van der Waals surface area contributed by atoms with E-state index in [1.54, 1.807) is 29.3 Å². The van der Waals surface area contributed by atoms with Crippen LogP contribution in [0.5, 0.6) is 6.01 Å². The molecule has 6 aliphatic rings. The van der Waals surface area contributed by atoms with Gasteiger partial charge in [0.15, 0.2) is 5.82 Å². The van der Waals surface area contributed by atoms with Crippen molar-refractivity contribution in [3.05, 3.63) is 78.0 Å². The Balaban J connectivity index is 0.657. The van der Waals surface area contributed by atoms with E-state index in [1.807, 2.05) is 35.2 Å². The number of halogens is 2. The average molecular weight is 1010 g/mol. The van der Waals surface area contributed by atoms with Crippen LogP contribution in [0.2, 0.25) is 0 Å². The first-order valence-corrected chi connectivity index (χ1v) is 26.1. The maximum absolute atomic E-state index is 17.1. The number of nitrogens with zero attached hydrogens (tertiary/aromatic N) is 8. The van der Waals surface area contributed by atoms with E-state index in [0.29, 0.717) is 86.3 Å². The third kappa shape index (κ3) is 9.84. The highest BCUT2D eigenvalue weighted by Gasteiger charge is 2.50. The molecule has 386 valence electrons. The Morgan fingerprint density at radius 3 is 2.46 bits per heavy atom. The number of piperazine rings is 2. The average Bonchev–Trinajstić information content (AvgIpc) is 4.10. The number of carbonyl (C=O) groups is 4. The van der Waals surface area contributed by atoms with Gasteiger partial charge in [-0.3, -0.25) is 29.7 Å². The Bertz CT molecular complexity index is 3010. The van der Waals surface area contributed by atoms with Gasteiger partial charge in [0.05, 0.1) is 16.5 Å². The summed E-state index contributed by atoms with van der Waals surface area (Å²) in [5, 5.41) is 10.4.